The summed E-state index contributed by atoms with van der Waals surface area (Å²) in [5, 5.41) is 7.20. The van der Waals surface area contributed by atoms with E-state index in [1.807, 2.05) is 12.1 Å². The van der Waals surface area contributed by atoms with Crippen LogP contribution in [0.15, 0.2) is 180 Å². The highest BCUT2D eigenvalue weighted by Gasteiger charge is 2.16. The molecule has 0 aliphatic carbocycles. The molecule has 0 fully saturated rings. The second-order valence-corrected chi connectivity index (χ2v) is 11.8. The Hall–Kier alpha value is -6.12. The fraction of sp³-hybridized carbons (Fsp3) is 0. The number of hydrogen-bond donors (Lipinski definition) is 0. The maximum atomic E-state index is 6.19. The van der Waals surface area contributed by atoms with Crippen molar-refractivity contribution in [3.63, 3.8) is 0 Å². The minimum Gasteiger partial charge on any atom is -0.456 e. The topological polar surface area (TPSA) is 16.4 Å². The number of rotatable bonds is 5. The summed E-state index contributed by atoms with van der Waals surface area (Å²) in [5.41, 5.74) is 9.97. The minimum absolute atomic E-state index is 0.921. The lowest BCUT2D eigenvalue weighted by molar-refractivity contribution is 0.669. The van der Waals surface area contributed by atoms with Gasteiger partial charge in [0.25, 0.3) is 0 Å². The Labute approximate surface area is 267 Å². The molecule has 2 heteroatoms. The summed E-state index contributed by atoms with van der Waals surface area (Å²) in [7, 11) is 0. The summed E-state index contributed by atoms with van der Waals surface area (Å²) in [6.45, 7) is 0. The maximum absolute atomic E-state index is 6.19. The molecular formula is C44H29NO. The van der Waals surface area contributed by atoms with E-state index in [0.29, 0.717) is 0 Å². The molecule has 8 aromatic carbocycles. The first-order valence-corrected chi connectivity index (χ1v) is 15.7. The van der Waals surface area contributed by atoms with Crippen LogP contribution in [0.5, 0.6) is 0 Å². The van der Waals surface area contributed by atoms with Crippen LogP contribution in [0, 0.1) is 0 Å². The molecule has 0 atom stereocenters. The highest BCUT2D eigenvalue weighted by molar-refractivity contribution is 6.19. The second kappa shape index (κ2) is 10.8. The van der Waals surface area contributed by atoms with Crippen LogP contribution in [-0.4, -0.2) is 0 Å². The van der Waals surface area contributed by atoms with Crippen molar-refractivity contribution in [2.75, 3.05) is 4.90 Å². The van der Waals surface area contributed by atoms with Crippen LogP contribution in [0.1, 0.15) is 0 Å². The summed E-state index contributed by atoms with van der Waals surface area (Å²) in [5.74, 6) is 0. The van der Waals surface area contributed by atoms with E-state index in [1.54, 1.807) is 0 Å². The predicted molar refractivity (Wildman–Crippen MR) is 194 cm³/mol. The van der Waals surface area contributed by atoms with Crippen LogP contribution < -0.4 is 4.90 Å². The maximum Gasteiger partial charge on any atom is 0.136 e. The fourth-order valence-electron chi connectivity index (χ4n) is 6.83. The number of furan rings is 1. The van der Waals surface area contributed by atoms with Crippen molar-refractivity contribution in [1.29, 1.82) is 0 Å². The van der Waals surface area contributed by atoms with E-state index in [4.69, 9.17) is 4.42 Å². The van der Waals surface area contributed by atoms with Crippen molar-refractivity contribution in [2.45, 2.75) is 0 Å². The molecule has 0 bridgehead atoms. The largest absolute Gasteiger partial charge is 0.456 e. The third kappa shape index (κ3) is 4.43. The zero-order chi connectivity index (χ0) is 30.5. The molecule has 0 spiro atoms. The van der Waals surface area contributed by atoms with E-state index in [1.165, 1.54) is 49.2 Å². The van der Waals surface area contributed by atoms with Gasteiger partial charge in [-0.15, -0.1) is 0 Å². The smallest absolute Gasteiger partial charge is 0.136 e. The Bertz CT molecular complexity index is 2510. The van der Waals surface area contributed by atoms with Gasteiger partial charge in [0.15, 0.2) is 0 Å². The molecule has 0 aliphatic rings. The summed E-state index contributed by atoms with van der Waals surface area (Å²) in [6, 6.07) is 62.8. The Morgan fingerprint density at radius 1 is 0.348 bits per heavy atom. The molecule has 9 aromatic rings. The third-order valence-electron chi connectivity index (χ3n) is 9.02. The Balaban J connectivity index is 1.18. The first-order chi connectivity index (χ1) is 22.8. The highest BCUT2D eigenvalue weighted by Crippen LogP contribution is 2.41. The predicted octanol–water partition coefficient (Wildman–Crippen LogP) is 12.7. The Morgan fingerprint density at radius 2 is 1.00 bits per heavy atom. The molecule has 9 rings (SSSR count). The van der Waals surface area contributed by atoms with Gasteiger partial charge in [-0.3, -0.25) is 0 Å². The van der Waals surface area contributed by atoms with Gasteiger partial charge in [-0.1, -0.05) is 121 Å². The average molecular weight is 588 g/mol. The molecule has 0 aliphatic heterocycles. The van der Waals surface area contributed by atoms with Crippen molar-refractivity contribution in [3.05, 3.63) is 176 Å². The molecule has 0 saturated carbocycles. The number of hydrogen-bond acceptors (Lipinski definition) is 2. The number of para-hydroxylation sites is 2. The van der Waals surface area contributed by atoms with Gasteiger partial charge in [-0.25, -0.2) is 0 Å². The second-order valence-electron chi connectivity index (χ2n) is 11.8. The van der Waals surface area contributed by atoms with E-state index in [0.717, 1.165) is 33.6 Å². The monoisotopic (exact) mass is 587 g/mol. The molecule has 1 aromatic heterocycles. The van der Waals surface area contributed by atoms with E-state index in [-0.39, 0.29) is 0 Å². The molecule has 0 saturated heterocycles. The SMILES string of the molecule is c1ccc(-c2cc(N(c3ccccc3)c3ccc(-c4ccc5ccc6oc7ccccc7c6c5c4)cc3)cc3ccccc23)cc1. The average Bonchev–Trinajstić information content (AvgIpc) is 3.52. The van der Waals surface area contributed by atoms with Crippen LogP contribution >= 0.6 is 0 Å². The van der Waals surface area contributed by atoms with E-state index in [2.05, 4.69) is 169 Å². The van der Waals surface area contributed by atoms with Gasteiger partial charge in [0.05, 0.1) is 0 Å². The fourth-order valence-corrected chi connectivity index (χ4v) is 6.83. The van der Waals surface area contributed by atoms with Gasteiger partial charge in [0.1, 0.15) is 11.2 Å². The van der Waals surface area contributed by atoms with Gasteiger partial charge in [-0.2, -0.15) is 0 Å². The van der Waals surface area contributed by atoms with Crippen molar-refractivity contribution < 1.29 is 4.42 Å². The molecule has 0 N–H and O–H groups in total. The van der Waals surface area contributed by atoms with Crippen LogP contribution in [0.25, 0.3) is 65.7 Å². The van der Waals surface area contributed by atoms with Gasteiger partial charge in [-0.05, 0) is 98.4 Å². The van der Waals surface area contributed by atoms with Crippen LogP contribution in [0.2, 0.25) is 0 Å². The van der Waals surface area contributed by atoms with Crippen LogP contribution in [0.3, 0.4) is 0 Å². The molecule has 0 radical (unpaired) electrons. The first kappa shape index (κ1) is 26.3. The molecule has 46 heavy (non-hydrogen) atoms. The normalized spacial score (nSPS) is 11.5. The molecule has 216 valence electrons. The van der Waals surface area contributed by atoms with Crippen molar-refractivity contribution in [3.8, 4) is 22.3 Å². The number of anilines is 3. The Kier molecular flexibility index (Phi) is 6.17. The van der Waals surface area contributed by atoms with Crippen LogP contribution in [0.4, 0.5) is 17.1 Å². The quantitative estimate of drug-likeness (QED) is 0.199. The molecule has 0 amide bonds. The summed E-state index contributed by atoms with van der Waals surface area (Å²) >= 11 is 0. The van der Waals surface area contributed by atoms with E-state index in [9.17, 15) is 0 Å². The molecular weight excluding hydrogens is 558 g/mol. The highest BCUT2D eigenvalue weighted by atomic mass is 16.3. The Morgan fingerprint density at radius 3 is 1.83 bits per heavy atom. The lowest BCUT2D eigenvalue weighted by atomic mass is 9.96. The van der Waals surface area contributed by atoms with Crippen molar-refractivity contribution >= 4 is 60.5 Å². The van der Waals surface area contributed by atoms with Gasteiger partial charge in [0.2, 0.25) is 0 Å². The van der Waals surface area contributed by atoms with Gasteiger partial charge in [0, 0.05) is 27.8 Å². The minimum atomic E-state index is 0.921. The van der Waals surface area contributed by atoms with E-state index >= 15 is 0 Å². The van der Waals surface area contributed by atoms with Gasteiger partial charge >= 0.3 is 0 Å². The standard InChI is InChI=1S/C44H29NO/c1-3-11-31(12-4-1)40-29-37(27-34-13-7-8-16-38(34)40)45(35-14-5-2-6-15-35)36-24-21-30(22-25-36)33-20-19-32-23-26-43-44(41(32)28-33)39-17-9-10-18-42(39)46-43/h1-29H. The number of benzene rings is 8. The van der Waals surface area contributed by atoms with Crippen molar-refractivity contribution in [1.82, 2.24) is 0 Å². The molecule has 0 unspecified atom stereocenters. The summed E-state index contributed by atoms with van der Waals surface area (Å²) < 4.78 is 6.19. The first-order valence-electron chi connectivity index (χ1n) is 15.7. The third-order valence-corrected chi connectivity index (χ3v) is 9.02. The molecule has 2 nitrogen and oxygen atoms in total. The zero-order valence-electron chi connectivity index (χ0n) is 25.1. The van der Waals surface area contributed by atoms with Crippen LogP contribution in [-0.2, 0) is 0 Å². The summed E-state index contributed by atoms with van der Waals surface area (Å²) in [4.78, 5) is 2.35. The zero-order valence-corrected chi connectivity index (χ0v) is 25.1. The van der Waals surface area contributed by atoms with Gasteiger partial charge < -0.3 is 9.32 Å². The van der Waals surface area contributed by atoms with E-state index < -0.39 is 0 Å². The molecule has 1 heterocycles. The van der Waals surface area contributed by atoms with Crippen molar-refractivity contribution in [2.24, 2.45) is 0 Å². The lowest BCUT2D eigenvalue weighted by Gasteiger charge is -2.27. The number of fused-ring (bicyclic) bond motifs is 6. The summed E-state index contributed by atoms with van der Waals surface area (Å²) in [6.07, 6.45) is 0. The number of nitrogens with zero attached hydrogens (tertiary/aromatic N) is 1. The lowest BCUT2D eigenvalue weighted by Crippen LogP contribution is -2.10.